The van der Waals surface area contributed by atoms with Crippen molar-refractivity contribution in [2.75, 3.05) is 0 Å². The summed E-state index contributed by atoms with van der Waals surface area (Å²) in [6.45, 7) is 5.27. The van der Waals surface area contributed by atoms with E-state index >= 15 is 0 Å². The van der Waals surface area contributed by atoms with Crippen molar-refractivity contribution in [2.45, 2.75) is 24.8 Å². The zero-order valence-corrected chi connectivity index (χ0v) is 17.6. The Kier molecular flexibility index (Phi) is 5.49. The van der Waals surface area contributed by atoms with Crippen LogP contribution in [0.2, 0.25) is 5.02 Å². The summed E-state index contributed by atoms with van der Waals surface area (Å²) in [6.07, 6.45) is 0. The molecular weight excluding hydrogens is 454 g/mol. The molecule has 24 heavy (non-hydrogen) atoms. The first kappa shape index (κ1) is 17.7. The van der Waals surface area contributed by atoms with Crippen LogP contribution in [-0.4, -0.2) is 46.2 Å². The average Bonchev–Trinajstić information content (AvgIpc) is 2.83. The number of nitrogens with zero attached hydrogens (tertiary/aromatic N) is 2. The Morgan fingerprint density at radius 1 is 1.17 bits per heavy atom. The molecule has 0 aliphatic carbocycles. The number of benzene rings is 2. The zero-order chi connectivity index (χ0) is 17.2. The van der Waals surface area contributed by atoms with Gasteiger partial charge in [-0.15, -0.1) is 0 Å². The predicted octanol–water partition coefficient (Wildman–Crippen LogP) is 3.41. The van der Waals surface area contributed by atoms with Crippen LogP contribution in [0, 0.1) is 0 Å². The Balaban J connectivity index is 1.86. The standard InChI is InChI=1S/C18H17ClN2OSe2/c1-18(2)21(12-13-7-4-3-5-8-13)17(23-24-18)20-16(22)14-9-6-10-15(19)11-14/h3-11H,12H2,1-2H3. The molecule has 0 unspecified atom stereocenters. The number of amides is 1. The fraction of sp³-hybridized carbons (Fsp3) is 0.222. The van der Waals surface area contributed by atoms with Gasteiger partial charge in [-0.05, 0) is 0 Å². The van der Waals surface area contributed by atoms with Gasteiger partial charge < -0.3 is 0 Å². The van der Waals surface area contributed by atoms with Gasteiger partial charge in [0.25, 0.3) is 0 Å². The Bertz CT molecular complexity index is 778. The number of carbonyl (C=O) groups is 1. The first-order chi connectivity index (χ1) is 11.5. The van der Waals surface area contributed by atoms with Gasteiger partial charge in [0.05, 0.1) is 0 Å². The van der Waals surface area contributed by atoms with Crippen molar-refractivity contribution >= 4 is 48.5 Å². The topological polar surface area (TPSA) is 32.7 Å². The summed E-state index contributed by atoms with van der Waals surface area (Å²) in [7, 11) is 0. The van der Waals surface area contributed by atoms with Crippen LogP contribution in [0.15, 0.2) is 59.6 Å². The molecule has 0 radical (unpaired) electrons. The molecule has 1 saturated heterocycles. The van der Waals surface area contributed by atoms with Gasteiger partial charge in [-0.25, -0.2) is 0 Å². The number of hydrogen-bond acceptors (Lipinski definition) is 1. The summed E-state index contributed by atoms with van der Waals surface area (Å²) in [6, 6.07) is 17.3. The third-order valence-electron chi connectivity index (χ3n) is 3.65. The molecule has 3 rings (SSSR count). The van der Waals surface area contributed by atoms with Crippen LogP contribution in [0.5, 0.6) is 0 Å². The number of amidine groups is 1. The molecule has 0 bridgehead atoms. The van der Waals surface area contributed by atoms with Gasteiger partial charge in [0.2, 0.25) is 0 Å². The van der Waals surface area contributed by atoms with Gasteiger partial charge in [0.1, 0.15) is 0 Å². The molecule has 0 saturated carbocycles. The Hall–Kier alpha value is -1.09. The van der Waals surface area contributed by atoms with Crippen LogP contribution in [-0.2, 0) is 6.54 Å². The molecule has 1 amide bonds. The van der Waals surface area contributed by atoms with Gasteiger partial charge in [0, 0.05) is 0 Å². The number of aliphatic imine (C=N–C) groups is 1. The maximum absolute atomic E-state index is 12.5. The van der Waals surface area contributed by atoms with Crippen LogP contribution in [0.25, 0.3) is 0 Å². The third kappa shape index (κ3) is 4.11. The van der Waals surface area contributed by atoms with Gasteiger partial charge >= 0.3 is 159 Å². The van der Waals surface area contributed by atoms with E-state index in [4.69, 9.17) is 11.6 Å². The van der Waals surface area contributed by atoms with E-state index in [0.29, 0.717) is 23.7 Å². The Labute approximate surface area is 158 Å². The number of rotatable bonds is 3. The molecule has 6 heteroatoms. The van der Waals surface area contributed by atoms with Crippen molar-refractivity contribution in [2.24, 2.45) is 4.99 Å². The van der Waals surface area contributed by atoms with Crippen molar-refractivity contribution in [3.8, 4) is 0 Å². The fourth-order valence-corrected chi connectivity index (χ4v) is 10.4. The first-order valence-electron chi connectivity index (χ1n) is 7.51. The second-order valence-corrected chi connectivity index (χ2v) is 13.5. The van der Waals surface area contributed by atoms with Crippen molar-refractivity contribution in [3.05, 3.63) is 70.7 Å². The molecule has 0 spiro atoms. The van der Waals surface area contributed by atoms with Crippen molar-refractivity contribution in [1.29, 1.82) is 0 Å². The van der Waals surface area contributed by atoms with E-state index in [1.54, 1.807) is 24.3 Å². The van der Waals surface area contributed by atoms with E-state index < -0.39 is 0 Å². The van der Waals surface area contributed by atoms with Gasteiger partial charge in [-0.2, -0.15) is 0 Å². The minimum atomic E-state index is -0.207. The molecule has 0 N–H and O–H groups in total. The van der Waals surface area contributed by atoms with Crippen LogP contribution >= 0.6 is 11.6 Å². The van der Waals surface area contributed by atoms with E-state index in [0.717, 1.165) is 11.3 Å². The molecule has 1 fully saturated rings. The molecule has 0 atom stereocenters. The van der Waals surface area contributed by atoms with Crippen LogP contribution in [0.4, 0.5) is 0 Å². The average molecular weight is 471 g/mol. The van der Waals surface area contributed by atoms with Crippen LogP contribution in [0.1, 0.15) is 29.8 Å². The fourth-order valence-electron chi connectivity index (χ4n) is 2.34. The van der Waals surface area contributed by atoms with E-state index in [1.807, 2.05) is 18.2 Å². The number of halogens is 1. The summed E-state index contributed by atoms with van der Waals surface area (Å²) < 4.78 is 1.03. The second kappa shape index (κ2) is 7.43. The summed E-state index contributed by atoms with van der Waals surface area (Å²) in [5, 5.41) is 0.559. The van der Waals surface area contributed by atoms with E-state index in [-0.39, 0.29) is 23.5 Å². The third-order valence-corrected chi connectivity index (χ3v) is 13.3. The molecule has 0 aromatic heterocycles. The summed E-state index contributed by atoms with van der Waals surface area (Å²) in [5.74, 6) is -0.207. The van der Waals surface area contributed by atoms with Crippen molar-refractivity contribution in [1.82, 2.24) is 4.90 Å². The number of carbonyl (C=O) groups excluding carboxylic acids is 1. The monoisotopic (exact) mass is 472 g/mol. The van der Waals surface area contributed by atoms with Gasteiger partial charge in [0.15, 0.2) is 0 Å². The van der Waals surface area contributed by atoms with E-state index in [9.17, 15) is 4.79 Å². The summed E-state index contributed by atoms with van der Waals surface area (Å²) in [4.78, 5) is 19.3. The Morgan fingerprint density at radius 2 is 1.92 bits per heavy atom. The predicted molar refractivity (Wildman–Crippen MR) is 101 cm³/mol. The molecule has 1 heterocycles. The van der Waals surface area contributed by atoms with E-state index in [2.05, 4.69) is 35.9 Å². The van der Waals surface area contributed by atoms with Crippen LogP contribution < -0.4 is 0 Å². The molecule has 2 aromatic rings. The van der Waals surface area contributed by atoms with Gasteiger partial charge in [-0.1, -0.05) is 0 Å². The summed E-state index contributed by atoms with van der Waals surface area (Å²) >= 11 is 6.69. The SMILES string of the molecule is CC1(C)[Se][Se]C(=NC(=O)c2cccc(Cl)c2)N1Cc1ccccc1. The van der Waals surface area contributed by atoms with E-state index in [1.165, 1.54) is 5.56 Å². The maximum atomic E-state index is 12.5. The quantitative estimate of drug-likeness (QED) is 0.644. The normalized spacial score (nSPS) is 18.1. The minimum absolute atomic E-state index is 0.0797. The zero-order valence-electron chi connectivity index (χ0n) is 13.4. The van der Waals surface area contributed by atoms with Gasteiger partial charge in [-0.3, -0.25) is 0 Å². The van der Waals surface area contributed by atoms with Crippen LogP contribution in [0.3, 0.4) is 0 Å². The molecule has 1 aliphatic heterocycles. The van der Waals surface area contributed by atoms with Crippen molar-refractivity contribution in [3.63, 3.8) is 0 Å². The molecular formula is C18H17ClN2OSe2. The van der Waals surface area contributed by atoms with Crippen molar-refractivity contribution < 1.29 is 4.79 Å². The molecule has 3 nitrogen and oxygen atoms in total. The Morgan fingerprint density at radius 3 is 2.62 bits per heavy atom. The second-order valence-electron chi connectivity index (χ2n) is 5.90. The summed E-state index contributed by atoms with van der Waals surface area (Å²) in [5.41, 5.74) is 1.78. The molecule has 2 aromatic carbocycles. The number of hydrogen-bond donors (Lipinski definition) is 0. The molecule has 1 aliphatic rings. The molecule has 124 valence electrons. The first-order valence-corrected chi connectivity index (χ1v) is 13.9.